The fraction of sp³-hybridized carbons (Fsp3) is 0. The predicted molar refractivity (Wildman–Crippen MR) is 55.2 cm³/mol. The minimum Gasteiger partial charge on any atom is -0.397 e. The van der Waals surface area contributed by atoms with Crippen LogP contribution in [-0.4, -0.2) is 4.98 Å². The number of aromatic nitrogens is 1. The monoisotopic (exact) mass is 202 g/mol. The third-order valence-corrected chi connectivity index (χ3v) is 2.15. The van der Waals surface area contributed by atoms with Gasteiger partial charge in [-0.15, -0.1) is 0 Å². The first-order chi connectivity index (χ1) is 7.13. The number of nitriles is 1. The number of rotatable bonds is 0. The molecule has 0 aliphatic rings. The molecule has 15 heavy (non-hydrogen) atoms. The lowest BCUT2D eigenvalue weighted by molar-refractivity contribution is 0.634. The molecule has 0 saturated heterocycles. The molecule has 0 bridgehead atoms. The van der Waals surface area contributed by atoms with Gasteiger partial charge in [0.1, 0.15) is 11.9 Å². The van der Waals surface area contributed by atoms with Crippen LogP contribution in [0.25, 0.3) is 10.9 Å². The Morgan fingerprint density at radius 3 is 2.73 bits per heavy atom. The lowest BCUT2D eigenvalue weighted by Gasteiger charge is -2.04. The van der Waals surface area contributed by atoms with Gasteiger partial charge in [-0.05, 0) is 6.07 Å². The molecule has 4 N–H and O–H groups in total. The summed E-state index contributed by atoms with van der Waals surface area (Å²) in [7, 11) is 0. The normalized spacial score (nSPS) is 10.1. The molecule has 1 heterocycles. The molecule has 0 aliphatic heterocycles. The maximum absolute atomic E-state index is 13.1. The van der Waals surface area contributed by atoms with Gasteiger partial charge in [-0.3, -0.25) is 4.98 Å². The fourth-order valence-corrected chi connectivity index (χ4v) is 1.34. The number of hydrogen-bond donors (Lipinski definition) is 2. The molecule has 0 aliphatic carbocycles. The molecule has 0 unspecified atom stereocenters. The lowest BCUT2D eigenvalue weighted by Crippen LogP contribution is -1.97. The van der Waals surface area contributed by atoms with Crippen LogP contribution in [0.5, 0.6) is 0 Å². The van der Waals surface area contributed by atoms with Crippen molar-refractivity contribution in [3.05, 3.63) is 29.7 Å². The van der Waals surface area contributed by atoms with Crippen molar-refractivity contribution in [2.24, 2.45) is 0 Å². The minimum atomic E-state index is -0.542. The zero-order valence-electron chi connectivity index (χ0n) is 7.66. The van der Waals surface area contributed by atoms with Crippen LogP contribution in [0.4, 0.5) is 15.8 Å². The van der Waals surface area contributed by atoms with E-state index in [1.807, 2.05) is 6.07 Å². The molecule has 0 radical (unpaired) electrons. The highest BCUT2D eigenvalue weighted by Gasteiger charge is 2.08. The summed E-state index contributed by atoms with van der Waals surface area (Å²) >= 11 is 0. The van der Waals surface area contributed by atoms with Gasteiger partial charge >= 0.3 is 0 Å². The summed E-state index contributed by atoms with van der Waals surface area (Å²) in [5.41, 5.74) is 12.0. The van der Waals surface area contributed by atoms with Gasteiger partial charge in [0.25, 0.3) is 0 Å². The summed E-state index contributed by atoms with van der Waals surface area (Å²) in [5, 5.41) is 9.22. The zero-order valence-corrected chi connectivity index (χ0v) is 7.66. The summed E-state index contributed by atoms with van der Waals surface area (Å²) in [4.78, 5) is 3.92. The van der Waals surface area contributed by atoms with Crippen LogP contribution in [0.2, 0.25) is 0 Å². The van der Waals surface area contributed by atoms with Gasteiger partial charge in [-0.1, -0.05) is 0 Å². The Morgan fingerprint density at radius 1 is 1.33 bits per heavy atom. The highest BCUT2D eigenvalue weighted by atomic mass is 19.1. The van der Waals surface area contributed by atoms with E-state index in [1.54, 1.807) is 0 Å². The van der Waals surface area contributed by atoms with Crippen LogP contribution in [0.1, 0.15) is 5.56 Å². The Kier molecular flexibility index (Phi) is 1.90. The molecular weight excluding hydrogens is 195 g/mol. The average molecular weight is 202 g/mol. The summed E-state index contributed by atoms with van der Waals surface area (Å²) in [5.74, 6) is -0.542. The number of nitrogens with two attached hydrogens (primary N) is 2. The fourth-order valence-electron chi connectivity index (χ4n) is 1.34. The summed E-state index contributed by atoms with van der Waals surface area (Å²) < 4.78 is 13.1. The van der Waals surface area contributed by atoms with Gasteiger partial charge in [0.2, 0.25) is 0 Å². The van der Waals surface area contributed by atoms with Crippen LogP contribution in [0.15, 0.2) is 18.3 Å². The van der Waals surface area contributed by atoms with Gasteiger partial charge in [-0.2, -0.15) is 5.26 Å². The molecule has 1 aromatic carbocycles. The van der Waals surface area contributed by atoms with E-state index in [4.69, 9.17) is 16.7 Å². The lowest BCUT2D eigenvalue weighted by atomic mass is 10.1. The van der Waals surface area contributed by atoms with Crippen molar-refractivity contribution in [1.29, 1.82) is 5.26 Å². The highest BCUT2D eigenvalue weighted by molar-refractivity contribution is 5.94. The molecule has 4 nitrogen and oxygen atoms in total. The van der Waals surface area contributed by atoms with E-state index in [0.29, 0.717) is 10.9 Å². The quantitative estimate of drug-likeness (QED) is 0.632. The first kappa shape index (κ1) is 9.21. The smallest absolute Gasteiger partial charge is 0.148 e. The number of nitrogen functional groups attached to an aromatic ring is 2. The molecule has 2 rings (SSSR count). The van der Waals surface area contributed by atoms with Crippen LogP contribution < -0.4 is 11.5 Å². The molecule has 0 saturated carbocycles. The van der Waals surface area contributed by atoms with E-state index in [9.17, 15) is 4.39 Å². The maximum Gasteiger partial charge on any atom is 0.148 e. The molecule has 2 aromatic rings. The third kappa shape index (κ3) is 1.32. The molecule has 0 atom stereocenters. The Bertz CT molecular complexity index is 586. The van der Waals surface area contributed by atoms with E-state index in [1.165, 1.54) is 18.3 Å². The van der Waals surface area contributed by atoms with Crippen LogP contribution in [-0.2, 0) is 0 Å². The molecule has 0 amide bonds. The van der Waals surface area contributed by atoms with Gasteiger partial charge < -0.3 is 11.5 Å². The SMILES string of the molecule is N#Cc1cnc2cc(F)c(N)cc2c1N. The first-order valence-corrected chi connectivity index (χ1v) is 4.17. The van der Waals surface area contributed by atoms with E-state index in [0.717, 1.165) is 0 Å². The third-order valence-electron chi connectivity index (χ3n) is 2.15. The van der Waals surface area contributed by atoms with Gasteiger partial charge in [-0.25, -0.2) is 4.39 Å². The van der Waals surface area contributed by atoms with Crippen molar-refractivity contribution >= 4 is 22.3 Å². The highest BCUT2D eigenvalue weighted by Crippen LogP contribution is 2.26. The Labute approximate surface area is 84.9 Å². The molecule has 0 fully saturated rings. The first-order valence-electron chi connectivity index (χ1n) is 4.17. The molecule has 1 aromatic heterocycles. The van der Waals surface area contributed by atoms with Crippen molar-refractivity contribution < 1.29 is 4.39 Å². The number of anilines is 2. The number of pyridine rings is 1. The standard InChI is InChI=1S/C10H7FN4/c11-7-2-9-6(1-8(7)13)10(14)5(3-12)4-15-9/h1-2,4H,13H2,(H2,14,15). The van der Waals surface area contributed by atoms with Crippen LogP contribution in [0, 0.1) is 17.1 Å². The van der Waals surface area contributed by atoms with E-state index in [-0.39, 0.29) is 16.9 Å². The van der Waals surface area contributed by atoms with Crippen molar-refractivity contribution in [3.8, 4) is 6.07 Å². The number of fused-ring (bicyclic) bond motifs is 1. The van der Waals surface area contributed by atoms with Crippen molar-refractivity contribution in [2.45, 2.75) is 0 Å². The Morgan fingerprint density at radius 2 is 2.07 bits per heavy atom. The second-order valence-electron chi connectivity index (χ2n) is 3.09. The summed E-state index contributed by atoms with van der Waals surface area (Å²) in [6, 6.07) is 4.48. The second-order valence-corrected chi connectivity index (χ2v) is 3.09. The maximum atomic E-state index is 13.1. The Balaban J connectivity index is 2.89. The predicted octanol–water partition coefficient (Wildman–Crippen LogP) is 1.41. The molecule has 74 valence electrons. The van der Waals surface area contributed by atoms with Crippen LogP contribution in [0.3, 0.4) is 0 Å². The second kappa shape index (κ2) is 3.10. The molecule has 0 spiro atoms. The summed E-state index contributed by atoms with van der Waals surface area (Å²) in [6.45, 7) is 0. The van der Waals surface area contributed by atoms with Crippen molar-refractivity contribution in [2.75, 3.05) is 11.5 Å². The topological polar surface area (TPSA) is 88.7 Å². The van der Waals surface area contributed by atoms with Crippen molar-refractivity contribution in [1.82, 2.24) is 4.98 Å². The number of halogens is 1. The van der Waals surface area contributed by atoms with E-state index >= 15 is 0 Å². The van der Waals surface area contributed by atoms with Gasteiger partial charge in [0, 0.05) is 17.6 Å². The van der Waals surface area contributed by atoms with E-state index in [2.05, 4.69) is 4.98 Å². The zero-order chi connectivity index (χ0) is 11.0. The number of benzene rings is 1. The molecular formula is C10H7FN4. The number of nitrogens with zero attached hydrogens (tertiary/aromatic N) is 2. The van der Waals surface area contributed by atoms with Gasteiger partial charge in [0.15, 0.2) is 0 Å². The molecule has 5 heteroatoms. The average Bonchev–Trinajstić information content (AvgIpc) is 2.22. The van der Waals surface area contributed by atoms with Crippen LogP contribution >= 0.6 is 0 Å². The van der Waals surface area contributed by atoms with Gasteiger partial charge in [0.05, 0.1) is 22.5 Å². The van der Waals surface area contributed by atoms with E-state index < -0.39 is 5.82 Å². The van der Waals surface area contributed by atoms with Crippen molar-refractivity contribution in [3.63, 3.8) is 0 Å². The summed E-state index contributed by atoms with van der Waals surface area (Å²) in [6.07, 6.45) is 1.31. The minimum absolute atomic E-state index is 0.00825. The Hall–Kier alpha value is -2.35. The largest absolute Gasteiger partial charge is 0.397 e. The number of hydrogen-bond acceptors (Lipinski definition) is 4.